The molecular weight excluding hydrogens is 370 g/mol. The van der Waals surface area contributed by atoms with Crippen molar-refractivity contribution < 1.29 is 4.74 Å². The molecule has 8 nitrogen and oxygen atoms in total. The Morgan fingerprint density at radius 2 is 2.00 bits per heavy atom. The monoisotopic (exact) mass is 397 g/mol. The van der Waals surface area contributed by atoms with Crippen molar-refractivity contribution in [2.75, 3.05) is 18.6 Å². The van der Waals surface area contributed by atoms with Crippen LogP contribution >= 0.6 is 0 Å². The minimum atomic E-state index is -0.326. The Labute approximate surface area is 169 Å². The molecule has 4 rings (SSSR count). The molecule has 0 bridgehead atoms. The van der Waals surface area contributed by atoms with Gasteiger partial charge in [-0.3, -0.25) is 13.9 Å². The van der Waals surface area contributed by atoms with Crippen molar-refractivity contribution in [2.45, 2.75) is 33.9 Å². The number of rotatable bonds is 4. The van der Waals surface area contributed by atoms with E-state index in [2.05, 4.69) is 11.8 Å². The SMILES string of the molecule is COc1cccc(N2CC(C)Cn3c2nc2c3c(=O)n(CC(C)C)c(=O)n2C)c1. The van der Waals surface area contributed by atoms with Gasteiger partial charge in [-0.05, 0) is 24.0 Å². The molecule has 8 heteroatoms. The lowest BCUT2D eigenvalue weighted by atomic mass is 10.1. The molecule has 0 spiro atoms. The molecule has 2 aromatic heterocycles. The average Bonchev–Trinajstić information content (AvgIpc) is 3.08. The van der Waals surface area contributed by atoms with Crippen molar-refractivity contribution in [3.63, 3.8) is 0 Å². The highest BCUT2D eigenvalue weighted by molar-refractivity contribution is 5.77. The Bertz CT molecular complexity index is 1190. The molecule has 0 saturated heterocycles. The fraction of sp³-hybridized carbons (Fsp3) is 0.476. The first kappa shape index (κ1) is 19.3. The Balaban J connectivity index is 1.98. The highest BCUT2D eigenvalue weighted by Gasteiger charge is 2.30. The van der Waals surface area contributed by atoms with Crippen molar-refractivity contribution >= 4 is 22.8 Å². The van der Waals surface area contributed by atoms with Crippen LogP contribution in [-0.2, 0) is 20.1 Å². The first-order valence-corrected chi connectivity index (χ1v) is 9.93. The summed E-state index contributed by atoms with van der Waals surface area (Å²) >= 11 is 0. The Kier molecular flexibility index (Phi) is 4.72. The molecule has 1 aromatic carbocycles. The van der Waals surface area contributed by atoms with E-state index in [9.17, 15) is 9.59 Å². The van der Waals surface area contributed by atoms with Gasteiger partial charge in [0, 0.05) is 38.4 Å². The van der Waals surface area contributed by atoms with Crippen LogP contribution in [0.5, 0.6) is 5.75 Å². The summed E-state index contributed by atoms with van der Waals surface area (Å²) in [6.45, 7) is 7.97. The molecule has 1 aliphatic rings. The number of imidazole rings is 1. The first-order valence-electron chi connectivity index (χ1n) is 9.93. The minimum Gasteiger partial charge on any atom is -0.497 e. The van der Waals surface area contributed by atoms with E-state index < -0.39 is 0 Å². The number of hydrogen-bond donors (Lipinski definition) is 0. The molecule has 0 fully saturated rings. The normalized spacial score (nSPS) is 16.5. The number of anilines is 2. The third-order valence-corrected chi connectivity index (χ3v) is 5.35. The van der Waals surface area contributed by atoms with Crippen LogP contribution in [0.3, 0.4) is 0 Å². The van der Waals surface area contributed by atoms with Gasteiger partial charge in [-0.25, -0.2) is 4.79 Å². The molecule has 0 N–H and O–H groups in total. The van der Waals surface area contributed by atoms with Crippen LogP contribution in [-0.4, -0.2) is 32.3 Å². The van der Waals surface area contributed by atoms with Gasteiger partial charge in [0.15, 0.2) is 11.2 Å². The number of ether oxygens (including phenoxy) is 1. The van der Waals surface area contributed by atoms with Crippen LogP contribution in [0.4, 0.5) is 11.6 Å². The zero-order valence-electron chi connectivity index (χ0n) is 17.5. The number of aryl methyl sites for hydroxylation is 1. The summed E-state index contributed by atoms with van der Waals surface area (Å²) in [7, 11) is 3.32. The van der Waals surface area contributed by atoms with Gasteiger partial charge in [-0.15, -0.1) is 0 Å². The maximum atomic E-state index is 13.3. The van der Waals surface area contributed by atoms with Crippen molar-refractivity contribution in [3.8, 4) is 5.75 Å². The second kappa shape index (κ2) is 7.09. The molecule has 3 heterocycles. The maximum Gasteiger partial charge on any atom is 0.332 e. The van der Waals surface area contributed by atoms with E-state index in [1.165, 1.54) is 9.13 Å². The van der Waals surface area contributed by atoms with E-state index in [4.69, 9.17) is 9.72 Å². The molecule has 0 aliphatic carbocycles. The van der Waals surface area contributed by atoms with E-state index in [1.54, 1.807) is 14.2 Å². The summed E-state index contributed by atoms with van der Waals surface area (Å²) in [4.78, 5) is 32.9. The van der Waals surface area contributed by atoms with Gasteiger partial charge < -0.3 is 14.2 Å². The molecule has 29 heavy (non-hydrogen) atoms. The number of aromatic nitrogens is 4. The lowest BCUT2D eigenvalue weighted by Crippen LogP contribution is -2.41. The van der Waals surface area contributed by atoms with Crippen molar-refractivity contribution in [3.05, 3.63) is 45.1 Å². The van der Waals surface area contributed by atoms with Gasteiger partial charge in [0.2, 0.25) is 5.95 Å². The molecular formula is C21H27N5O3. The molecule has 0 amide bonds. The summed E-state index contributed by atoms with van der Waals surface area (Å²) in [5.74, 6) is 1.94. The van der Waals surface area contributed by atoms with Gasteiger partial charge in [-0.1, -0.05) is 26.8 Å². The van der Waals surface area contributed by atoms with Crippen LogP contribution in [0.15, 0.2) is 33.9 Å². The predicted molar refractivity (Wildman–Crippen MR) is 113 cm³/mol. The molecule has 154 valence electrons. The zero-order chi connectivity index (χ0) is 20.9. The van der Waals surface area contributed by atoms with Crippen molar-refractivity contribution in [1.29, 1.82) is 0 Å². The highest BCUT2D eigenvalue weighted by atomic mass is 16.5. The van der Waals surface area contributed by atoms with E-state index in [1.807, 2.05) is 42.7 Å². The highest BCUT2D eigenvalue weighted by Crippen LogP contribution is 2.34. The minimum absolute atomic E-state index is 0.189. The van der Waals surface area contributed by atoms with E-state index in [0.717, 1.165) is 18.0 Å². The fourth-order valence-corrected chi connectivity index (χ4v) is 4.03. The quantitative estimate of drug-likeness (QED) is 0.676. The van der Waals surface area contributed by atoms with Gasteiger partial charge in [0.25, 0.3) is 5.56 Å². The van der Waals surface area contributed by atoms with Crippen molar-refractivity contribution in [2.24, 2.45) is 18.9 Å². The molecule has 1 aliphatic heterocycles. The van der Waals surface area contributed by atoms with Crippen LogP contribution in [0.25, 0.3) is 11.2 Å². The fourth-order valence-electron chi connectivity index (χ4n) is 4.03. The van der Waals surface area contributed by atoms with Gasteiger partial charge in [0.1, 0.15) is 5.75 Å². The number of methoxy groups -OCH3 is 1. The molecule has 1 unspecified atom stereocenters. The topological polar surface area (TPSA) is 74.3 Å². The van der Waals surface area contributed by atoms with Crippen LogP contribution < -0.4 is 20.9 Å². The Morgan fingerprint density at radius 1 is 1.24 bits per heavy atom. The Hall–Kier alpha value is -3.03. The van der Waals surface area contributed by atoms with E-state index in [0.29, 0.717) is 36.1 Å². The van der Waals surface area contributed by atoms with Crippen LogP contribution in [0.1, 0.15) is 20.8 Å². The third kappa shape index (κ3) is 3.12. The van der Waals surface area contributed by atoms with Gasteiger partial charge >= 0.3 is 5.69 Å². The largest absolute Gasteiger partial charge is 0.497 e. The number of fused-ring (bicyclic) bond motifs is 3. The Morgan fingerprint density at radius 3 is 2.69 bits per heavy atom. The first-order chi connectivity index (χ1) is 13.8. The number of benzene rings is 1. The molecule has 0 radical (unpaired) electrons. The molecule has 1 atom stereocenters. The summed E-state index contributed by atoms with van der Waals surface area (Å²) in [5, 5.41) is 0. The van der Waals surface area contributed by atoms with Crippen LogP contribution in [0.2, 0.25) is 0 Å². The zero-order valence-corrected chi connectivity index (χ0v) is 17.5. The number of nitrogens with zero attached hydrogens (tertiary/aromatic N) is 5. The van der Waals surface area contributed by atoms with Crippen molar-refractivity contribution in [1.82, 2.24) is 18.7 Å². The summed E-state index contributed by atoms with van der Waals surface area (Å²) < 4.78 is 10.1. The smallest absolute Gasteiger partial charge is 0.332 e. The second-order valence-electron chi connectivity index (χ2n) is 8.26. The van der Waals surface area contributed by atoms with Crippen LogP contribution in [0, 0.1) is 11.8 Å². The third-order valence-electron chi connectivity index (χ3n) is 5.35. The van der Waals surface area contributed by atoms with Gasteiger partial charge in [-0.2, -0.15) is 4.98 Å². The summed E-state index contributed by atoms with van der Waals surface area (Å²) in [6.07, 6.45) is 0. The number of hydrogen-bond acceptors (Lipinski definition) is 5. The lowest BCUT2D eigenvalue weighted by Gasteiger charge is -2.33. The standard InChI is InChI=1S/C21H27N5O3/c1-13(2)10-26-19(27)17-18(23(4)21(26)28)22-20-24(11-14(3)12-25(17)20)15-7-6-8-16(9-15)29-5/h6-9,13-14H,10-12H2,1-5H3. The average molecular weight is 397 g/mol. The van der Waals surface area contributed by atoms with E-state index in [-0.39, 0.29) is 17.2 Å². The molecule has 3 aromatic rings. The summed E-state index contributed by atoms with van der Waals surface area (Å²) in [6, 6.07) is 7.79. The van der Waals surface area contributed by atoms with E-state index >= 15 is 0 Å². The second-order valence-corrected chi connectivity index (χ2v) is 8.26. The van der Waals surface area contributed by atoms with Gasteiger partial charge in [0.05, 0.1) is 7.11 Å². The lowest BCUT2D eigenvalue weighted by molar-refractivity contribution is 0.414. The predicted octanol–water partition coefficient (Wildman–Crippen LogP) is 2.35. The molecule has 0 saturated carbocycles. The summed E-state index contributed by atoms with van der Waals surface area (Å²) in [5.41, 5.74) is 1.27. The maximum absolute atomic E-state index is 13.3.